The van der Waals surface area contributed by atoms with Crippen molar-refractivity contribution in [3.8, 4) is 0 Å². The predicted octanol–water partition coefficient (Wildman–Crippen LogP) is 2.14. The fourth-order valence-electron chi connectivity index (χ4n) is 3.07. The maximum absolute atomic E-state index is 5.70. The van der Waals surface area contributed by atoms with E-state index in [-0.39, 0.29) is 0 Å². The van der Waals surface area contributed by atoms with Crippen molar-refractivity contribution in [3.05, 3.63) is 0 Å². The summed E-state index contributed by atoms with van der Waals surface area (Å²) < 4.78 is 11.0. The molecule has 1 fully saturated rings. The summed E-state index contributed by atoms with van der Waals surface area (Å²) in [4.78, 5) is 2.60. The molecular formula is C16H34N2O2. The van der Waals surface area contributed by atoms with Gasteiger partial charge in [0.1, 0.15) is 0 Å². The molecule has 1 N–H and O–H groups in total. The van der Waals surface area contributed by atoms with Gasteiger partial charge >= 0.3 is 0 Å². The van der Waals surface area contributed by atoms with Gasteiger partial charge in [0, 0.05) is 38.2 Å². The zero-order chi connectivity index (χ0) is 14.8. The Kier molecular flexibility index (Phi) is 9.44. The molecule has 0 aliphatic carbocycles. The topological polar surface area (TPSA) is 33.7 Å². The first-order valence-corrected chi connectivity index (χ1v) is 8.30. The summed E-state index contributed by atoms with van der Waals surface area (Å²) in [6.45, 7) is 12.6. The number of hydrogen-bond acceptors (Lipinski definition) is 4. The van der Waals surface area contributed by atoms with Gasteiger partial charge in [-0.15, -0.1) is 0 Å². The molecule has 2 atom stereocenters. The first-order valence-electron chi connectivity index (χ1n) is 8.30. The number of nitrogens with zero attached hydrogens (tertiary/aromatic N) is 1. The normalized spacial score (nSPS) is 23.1. The van der Waals surface area contributed by atoms with Crippen molar-refractivity contribution in [2.75, 3.05) is 46.6 Å². The number of nitrogens with one attached hydrogen (secondary N) is 1. The zero-order valence-corrected chi connectivity index (χ0v) is 13.9. The molecule has 0 radical (unpaired) electrons. The van der Waals surface area contributed by atoms with E-state index in [4.69, 9.17) is 9.47 Å². The van der Waals surface area contributed by atoms with Crippen LogP contribution in [0.15, 0.2) is 0 Å². The number of rotatable bonds is 11. The Morgan fingerprint density at radius 3 is 2.60 bits per heavy atom. The molecule has 1 aliphatic rings. The van der Waals surface area contributed by atoms with Gasteiger partial charge in [0.05, 0.1) is 19.8 Å². The van der Waals surface area contributed by atoms with Crippen LogP contribution >= 0.6 is 0 Å². The van der Waals surface area contributed by atoms with Gasteiger partial charge in [0.2, 0.25) is 0 Å². The second-order valence-corrected chi connectivity index (χ2v) is 5.82. The predicted molar refractivity (Wildman–Crippen MR) is 84.2 cm³/mol. The first kappa shape index (κ1) is 17.9. The van der Waals surface area contributed by atoms with Crippen LogP contribution in [0.4, 0.5) is 0 Å². The molecule has 20 heavy (non-hydrogen) atoms. The van der Waals surface area contributed by atoms with Crippen LogP contribution in [0, 0.1) is 5.92 Å². The maximum Gasteiger partial charge on any atom is 0.0623 e. The highest BCUT2D eigenvalue weighted by molar-refractivity contribution is 4.85. The third-order valence-electron chi connectivity index (χ3n) is 4.37. The molecule has 0 aromatic rings. The SMILES string of the molecule is CCCNC1COCC1CN(CCOC)C(CC)CC. The van der Waals surface area contributed by atoms with Crippen molar-refractivity contribution in [1.29, 1.82) is 0 Å². The molecule has 0 bridgehead atoms. The van der Waals surface area contributed by atoms with Crippen LogP contribution in [0.1, 0.15) is 40.0 Å². The zero-order valence-electron chi connectivity index (χ0n) is 13.9. The lowest BCUT2D eigenvalue weighted by Crippen LogP contribution is -2.46. The highest BCUT2D eigenvalue weighted by Crippen LogP contribution is 2.18. The fraction of sp³-hybridized carbons (Fsp3) is 1.00. The largest absolute Gasteiger partial charge is 0.383 e. The quantitative estimate of drug-likeness (QED) is 0.631. The van der Waals surface area contributed by atoms with Crippen molar-refractivity contribution < 1.29 is 9.47 Å². The summed E-state index contributed by atoms with van der Waals surface area (Å²) in [6.07, 6.45) is 3.60. The van der Waals surface area contributed by atoms with Crippen molar-refractivity contribution in [1.82, 2.24) is 10.2 Å². The summed E-state index contributed by atoms with van der Waals surface area (Å²) in [5.41, 5.74) is 0. The Balaban J connectivity index is 2.53. The van der Waals surface area contributed by atoms with E-state index in [0.29, 0.717) is 18.0 Å². The van der Waals surface area contributed by atoms with E-state index < -0.39 is 0 Å². The van der Waals surface area contributed by atoms with E-state index in [1.54, 1.807) is 7.11 Å². The summed E-state index contributed by atoms with van der Waals surface area (Å²) >= 11 is 0. The average molecular weight is 286 g/mol. The Bertz CT molecular complexity index is 235. The lowest BCUT2D eigenvalue weighted by atomic mass is 10.0. The number of ether oxygens (including phenoxy) is 2. The van der Waals surface area contributed by atoms with Crippen molar-refractivity contribution in [2.45, 2.75) is 52.1 Å². The highest BCUT2D eigenvalue weighted by atomic mass is 16.5. The fourth-order valence-corrected chi connectivity index (χ4v) is 3.07. The van der Waals surface area contributed by atoms with Gasteiger partial charge in [-0.25, -0.2) is 0 Å². The lowest BCUT2D eigenvalue weighted by molar-refractivity contribution is 0.0941. The molecule has 120 valence electrons. The van der Waals surface area contributed by atoms with Gasteiger partial charge in [0.15, 0.2) is 0 Å². The molecule has 0 spiro atoms. The lowest BCUT2D eigenvalue weighted by Gasteiger charge is -2.33. The van der Waals surface area contributed by atoms with Gasteiger partial charge in [-0.2, -0.15) is 0 Å². The summed E-state index contributed by atoms with van der Waals surface area (Å²) in [5.74, 6) is 0.610. The molecule has 1 saturated heterocycles. The van der Waals surface area contributed by atoms with E-state index in [1.165, 1.54) is 19.3 Å². The minimum Gasteiger partial charge on any atom is -0.383 e. The van der Waals surface area contributed by atoms with Crippen LogP contribution in [0.2, 0.25) is 0 Å². The van der Waals surface area contributed by atoms with E-state index in [2.05, 4.69) is 31.0 Å². The molecule has 0 aromatic carbocycles. The van der Waals surface area contributed by atoms with E-state index in [9.17, 15) is 0 Å². The molecule has 0 aromatic heterocycles. The van der Waals surface area contributed by atoms with Crippen LogP contribution in [0.3, 0.4) is 0 Å². The molecule has 1 heterocycles. The monoisotopic (exact) mass is 286 g/mol. The minimum atomic E-state index is 0.523. The average Bonchev–Trinajstić information content (AvgIpc) is 2.90. The van der Waals surface area contributed by atoms with Gasteiger partial charge in [0.25, 0.3) is 0 Å². The Hall–Kier alpha value is -0.160. The van der Waals surface area contributed by atoms with Crippen molar-refractivity contribution >= 4 is 0 Å². The van der Waals surface area contributed by atoms with Crippen molar-refractivity contribution in [3.63, 3.8) is 0 Å². The van der Waals surface area contributed by atoms with Crippen LogP contribution in [-0.4, -0.2) is 63.5 Å². The smallest absolute Gasteiger partial charge is 0.0623 e. The Morgan fingerprint density at radius 1 is 1.25 bits per heavy atom. The third kappa shape index (κ3) is 5.68. The van der Waals surface area contributed by atoms with Gasteiger partial charge in [-0.1, -0.05) is 20.8 Å². The molecule has 1 aliphatic heterocycles. The molecule has 4 heteroatoms. The van der Waals surface area contributed by atoms with E-state index in [1.807, 2.05) is 0 Å². The van der Waals surface area contributed by atoms with Crippen LogP contribution in [-0.2, 0) is 9.47 Å². The number of hydrogen-bond donors (Lipinski definition) is 1. The van der Waals surface area contributed by atoms with Crippen molar-refractivity contribution in [2.24, 2.45) is 5.92 Å². The van der Waals surface area contributed by atoms with Crippen LogP contribution in [0.5, 0.6) is 0 Å². The second kappa shape index (κ2) is 10.6. The molecule has 4 nitrogen and oxygen atoms in total. The van der Waals surface area contributed by atoms with E-state index in [0.717, 1.165) is 39.5 Å². The summed E-state index contributed by atoms with van der Waals surface area (Å²) in [6, 6.07) is 1.19. The first-order chi connectivity index (χ1) is 9.76. The standard InChI is InChI=1S/C16H34N2O2/c1-5-8-17-16-13-20-12-14(16)11-18(9-10-19-4)15(6-2)7-3/h14-17H,5-13H2,1-4H3. The molecule has 2 unspecified atom stereocenters. The van der Waals surface area contributed by atoms with Gasteiger partial charge < -0.3 is 14.8 Å². The Morgan fingerprint density at radius 2 is 2.00 bits per heavy atom. The molecule has 1 rings (SSSR count). The highest BCUT2D eigenvalue weighted by Gasteiger charge is 2.30. The maximum atomic E-state index is 5.70. The van der Waals surface area contributed by atoms with Crippen LogP contribution in [0.25, 0.3) is 0 Å². The summed E-state index contributed by atoms with van der Waals surface area (Å²) in [7, 11) is 1.79. The molecule has 0 saturated carbocycles. The summed E-state index contributed by atoms with van der Waals surface area (Å²) in [5, 5.41) is 3.63. The molecule has 0 amide bonds. The van der Waals surface area contributed by atoms with Crippen LogP contribution < -0.4 is 5.32 Å². The Labute approximate surface area is 125 Å². The second-order valence-electron chi connectivity index (χ2n) is 5.82. The van der Waals surface area contributed by atoms with E-state index >= 15 is 0 Å². The third-order valence-corrected chi connectivity index (χ3v) is 4.37. The number of methoxy groups -OCH3 is 1. The minimum absolute atomic E-state index is 0.523. The van der Waals surface area contributed by atoms with Gasteiger partial charge in [-0.05, 0) is 25.8 Å². The van der Waals surface area contributed by atoms with Gasteiger partial charge in [-0.3, -0.25) is 4.90 Å². The molecular weight excluding hydrogens is 252 g/mol.